The SMILES string of the molecule is CCCCOCCCNC1CCOC1. The third-order valence-electron chi connectivity index (χ3n) is 2.47. The third kappa shape index (κ3) is 5.58. The summed E-state index contributed by atoms with van der Waals surface area (Å²) in [7, 11) is 0. The maximum absolute atomic E-state index is 5.47. The first-order chi connectivity index (χ1) is 6.93. The monoisotopic (exact) mass is 201 g/mol. The van der Waals surface area contributed by atoms with E-state index in [1.807, 2.05) is 0 Å². The Kier molecular flexibility index (Phi) is 7.01. The summed E-state index contributed by atoms with van der Waals surface area (Å²) in [6.07, 6.45) is 4.68. The lowest BCUT2D eigenvalue weighted by molar-refractivity contribution is 0.127. The molecular weight excluding hydrogens is 178 g/mol. The highest BCUT2D eigenvalue weighted by Crippen LogP contribution is 2.02. The quantitative estimate of drug-likeness (QED) is 0.605. The Morgan fingerprint density at radius 1 is 1.36 bits per heavy atom. The van der Waals surface area contributed by atoms with Gasteiger partial charge in [-0.05, 0) is 25.8 Å². The molecular formula is C11H23NO2. The van der Waals surface area contributed by atoms with Crippen molar-refractivity contribution in [1.29, 1.82) is 0 Å². The summed E-state index contributed by atoms with van der Waals surface area (Å²) in [5.74, 6) is 0. The Bertz CT molecular complexity index is 124. The van der Waals surface area contributed by atoms with Crippen LogP contribution in [0.3, 0.4) is 0 Å². The van der Waals surface area contributed by atoms with Crippen LogP contribution in [0, 0.1) is 0 Å². The zero-order chi connectivity index (χ0) is 10.1. The predicted molar refractivity (Wildman–Crippen MR) is 57.6 cm³/mol. The molecule has 14 heavy (non-hydrogen) atoms. The van der Waals surface area contributed by atoms with E-state index in [-0.39, 0.29) is 0 Å². The molecule has 3 heteroatoms. The molecule has 1 saturated heterocycles. The van der Waals surface area contributed by atoms with Crippen LogP contribution in [0.25, 0.3) is 0 Å². The van der Waals surface area contributed by atoms with E-state index < -0.39 is 0 Å². The molecule has 1 heterocycles. The average molecular weight is 201 g/mol. The second-order valence-electron chi connectivity index (χ2n) is 3.83. The lowest BCUT2D eigenvalue weighted by atomic mass is 10.2. The van der Waals surface area contributed by atoms with Crippen LogP contribution in [-0.4, -0.2) is 39.0 Å². The van der Waals surface area contributed by atoms with Gasteiger partial charge in [-0.2, -0.15) is 0 Å². The van der Waals surface area contributed by atoms with Gasteiger partial charge in [0.15, 0.2) is 0 Å². The van der Waals surface area contributed by atoms with Gasteiger partial charge in [0, 0.05) is 25.9 Å². The highest BCUT2D eigenvalue weighted by molar-refractivity contribution is 4.70. The number of ether oxygens (including phenoxy) is 2. The molecule has 84 valence electrons. The van der Waals surface area contributed by atoms with Crippen molar-refractivity contribution in [1.82, 2.24) is 5.32 Å². The van der Waals surface area contributed by atoms with Gasteiger partial charge in [-0.15, -0.1) is 0 Å². The van der Waals surface area contributed by atoms with Gasteiger partial charge < -0.3 is 14.8 Å². The molecule has 0 radical (unpaired) electrons. The Morgan fingerprint density at radius 3 is 2.93 bits per heavy atom. The molecule has 1 aliphatic heterocycles. The molecule has 1 atom stereocenters. The minimum absolute atomic E-state index is 0.589. The van der Waals surface area contributed by atoms with Gasteiger partial charge in [-0.25, -0.2) is 0 Å². The number of nitrogens with one attached hydrogen (secondary N) is 1. The fourth-order valence-electron chi connectivity index (χ4n) is 1.52. The van der Waals surface area contributed by atoms with Crippen molar-refractivity contribution in [3.63, 3.8) is 0 Å². The van der Waals surface area contributed by atoms with Crippen molar-refractivity contribution in [2.45, 2.75) is 38.6 Å². The van der Waals surface area contributed by atoms with E-state index in [1.54, 1.807) is 0 Å². The summed E-state index contributed by atoms with van der Waals surface area (Å²) in [6, 6.07) is 0.589. The summed E-state index contributed by atoms with van der Waals surface area (Å²) in [5, 5.41) is 3.47. The van der Waals surface area contributed by atoms with Crippen LogP contribution in [-0.2, 0) is 9.47 Å². The smallest absolute Gasteiger partial charge is 0.0620 e. The van der Waals surface area contributed by atoms with Crippen LogP contribution in [0.1, 0.15) is 32.6 Å². The van der Waals surface area contributed by atoms with Gasteiger partial charge >= 0.3 is 0 Å². The van der Waals surface area contributed by atoms with Crippen LogP contribution in [0.4, 0.5) is 0 Å². The van der Waals surface area contributed by atoms with E-state index in [2.05, 4.69) is 12.2 Å². The lowest BCUT2D eigenvalue weighted by Crippen LogP contribution is -2.30. The lowest BCUT2D eigenvalue weighted by Gasteiger charge is -2.10. The van der Waals surface area contributed by atoms with Gasteiger partial charge in [0.25, 0.3) is 0 Å². The number of rotatable bonds is 8. The summed E-state index contributed by atoms with van der Waals surface area (Å²) < 4.78 is 10.7. The molecule has 1 N–H and O–H groups in total. The van der Waals surface area contributed by atoms with E-state index in [4.69, 9.17) is 9.47 Å². The van der Waals surface area contributed by atoms with E-state index in [0.717, 1.165) is 45.8 Å². The Morgan fingerprint density at radius 2 is 2.21 bits per heavy atom. The normalized spacial score (nSPS) is 21.6. The first-order valence-corrected chi connectivity index (χ1v) is 5.82. The minimum atomic E-state index is 0.589. The van der Waals surface area contributed by atoms with Crippen molar-refractivity contribution in [2.75, 3.05) is 33.0 Å². The summed E-state index contributed by atoms with van der Waals surface area (Å²) in [4.78, 5) is 0. The molecule has 0 aliphatic carbocycles. The van der Waals surface area contributed by atoms with Crippen molar-refractivity contribution in [3.05, 3.63) is 0 Å². The highest BCUT2D eigenvalue weighted by atomic mass is 16.5. The Hall–Kier alpha value is -0.120. The second-order valence-corrected chi connectivity index (χ2v) is 3.83. The standard InChI is InChI=1S/C11H23NO2/c1-2-3-7-13-8-4-6-12-11-5-9-14-10-11/h11-12H,2-10H2,1H3. The fraction of sp³-hybridized carbons (Fsp3) is 1.00. The number of unbranched alkanes of at least 4 members (excludes halogenated alkanes) is 1. The van der Waals surface area contributed by atoms with Crippen molar-refractivity contribution < 1.29 is 9.47 Å². The topological polar surface area (TPSA) is 30.5 Å². The molecule has 1 rings (SSSR count). The van der Waals surface area contributed by atoms with E-state index >= 15 is 0 Å². The Labute approximate surface area is 87.2 Å². The van der Waals surface area contributed by atoms with Crippen LogP contribution in [0.2, 0.25) is 0 Å². The summed E-state index contributed by atoms with van der Waals surface area (Å²) >= 11 is 0. The maximum Gasteiger partial charge on any atom is 0.0620 e. The summed E-state index contributed by atoms with van der Waals surface area (Å²) in [6.45, 7) is 6.86. The van der Waals surface area contributed by atoms with Crippen molar-refractivity contribution >= 4 is 0 Å². The van der Waals surface area contributed by atoms with Gasteiger partial charge in [-0.3, -0.25) is 0 Å². The fourth-order valence-corrected chi connectivity index (χ4v) is 1.52. The molecule has 0 aromatic heterocycles. The molecule has 1 fully saturated rings. The van der Waals surface area contributed by atoms with Crippen LogP contribution in [0.5, 0.6) is 0 Å². The molecule has 0 saturated carbocycles. The number of hydrogen-bond donors (Lipinski definition) is 1. The number of hydrogen-bond acceptors (Lipinski definition) is 3. The average Bonchev–Trinajstić information content (AvgIpc) is 2.69. The molecule has 3 nitrogen and oxygen atoms in total. The molecule has 0 aromatic rings. The first-order valence-electron chi connectivity index (χ1n) is 5.82. The maximum atomic E-state index is 5.47. The zero-order valence-electron chi connectivity index (χ0n) is 9.26. The van der Waals surface area contributed by atoms with Crippen LogP contribution in [0.15, 0.2) is 0 Å². The highest BCUT2D eigenvalue weighted by Gasteiger charge is 2.13. The van der Waals surface area contributed by atoms with Crippen molar-refractivity contribution in [3.8, 4) is 0 Å². The van der Waals surface area contributed by atoms with Crippen LogP contribution < -0.4 is 5.32 Å². The molecule has 1 aliphatic rings. The second kappa shape index (κ2) is 8.21. The summed E-state index contributed by atoms with van der Waals surface area (Å²) in [5.41, 5.74) is 0. The van der Waals surface area contributed by atoms with Gasteiger partial charge in [0.1, 0.15) is 0 Å². The van der Waals surface area contributed by atoms with Gasteiger partial charge in [0.2, 0.25) is 0 Å². The molecule has 1 unspecified atom stereocenters. The zero-order valence-corrected chi connectivity index (χ0v) is 9.26. The van der Waals surface area contributed by atoms with Gasteiger partial charge in [0.05, 0.1) is 6.61 Å². The molecule has 0 amide bonds. The molecule has 0 spiro atoms. The largest absolute Gasteiger partial charge is 0.381 e. The molecule has 0 aromatic carbocycles. The van der Waals surface area contributed by atoms with Gasteiger partial charge in [-0.1, -0.05) is 13.3 Å². The third-order valence-corrected chi connectivity index (χ3v) is 2.47. The van der Waals surface area contributed by atoms with Crippen molar-refractivity contribution in [2.24, 2.45) is 0 Å². The predicted octanol–water partition coefficient (Wildman–Crippen LogP) is 1.57. The first kappa shape index (κ1) is 12.0. The van der Waals surface area contributed by atoms with E-state index in [9.17, 15) is 0 Å². The van der Waals surface area contributed by atoms with E-state index in [1.165, 1.54) is 12.8 Å². The van der Waals surface area contributed by atoms with E-state index in [0.29, 0.717) is 6.04 Å². The van der Waals surface area contributed by atoms with Crippen LogP contribution >= 0.6 is 0 Å². The molecule has 0 bridgehead atoms. The Balaban J connectivity index is 1.75. The minimum Gasteiger partial charge on any atom is -0.381 e.